The summed E-state index contributed by atoms with van der Waals surface area (Å²) in [5.41, 5.74) is 0.648. The number of benzene rings is 1. The maximum Gasteiger partial charge on any atom is 0.322 e. The summed E-state index contributed by atoms with van der Waals surface area (Å²) in [5.74, 6) is 1.38. The molecule has 1 saturated heterocycles. The number of para-hydroxylation sites is 2. The Morgan fingerprint density at radius 3 is 2.92 bits per heavy atom. The molecule has 1 aromatic heterocycles. The molecular formula is C19H24N2O4. The average molecular weight is 344 g/mol. The molecule has 0 aliphatic carbocycles. The lowest BCUT2D eigenvalue weighted by atomic mass is 10.1. The predicted octanol–water partition coefficient (Wildman–Crippen LogP) is 3.89. The summed E-state index contributed by atoms with van der Waals surface area (Å²) in [7, 11) is 1.72. The first-order valence-corrected chi connectivity index (χ1v) is 8.60. The van der Waals surface area contributed by atoms with E-state index < -0.39 is 0 Å². The van der Waals surface area contributed by atoms with Crippen LogP contribution >= 0.6 is 0 Å². The van der Waals surface area contributed by atoms with Gasteiger partial charge in [0.1, 0.15) is 18.1 Å². The fourth-order valence-electron chi connectivity index (χ4n) is 2.74. The fraction of sp³-hybridized carbons (Fsp3) is 0.421. The van der Waals surface area contributed by atoms with Crippen molar-refractivity contribution < 1.29 is 18.7 Å². The number of hydrogen-bond donors (Lipinski definition) is 1. The first-order valence-electron chi connectivity index (χ1n) is 8.60. The van der Waals surface area contributed by atoms with E-state index in [0.29, 0.717) is 24.6 Å². The van der Waals surface area contributed by atoms with Crippen LogP contribution in [-0.4, -0.2) is 37.3 Å². The van der Waals surface area contributed by atoms with Crippen molar-refractivity contribution in [3.63, 3.8) is 0 Å². The summed E-state index contributed by atoms with van der Waals surface area (Å²) in [6, 6.07) is 10.9. The van der Waals surface area contributed by atoms with Crippen LogP contribution in [0.1, 0.15) is 25.0 Å². The van der Waals surface area contributed by atoms with Crippen molar-refractivity contribution >= 4 is 11.7 Å². The summed E-state index contributed by atoms with van der Waals surface area (Å²) in [6.07, 6.45) is 5.02. The molecule has 6 nitrogen and oxygen atoms in total. The minimum atomic E-state index is -0.221. The zero-order valence-electron chi connectivity index (χ0n) is 14.4. The van der Waals surface area contributed by atoms with E-state index in [0.717, 1.165) is 25.2 Å². The Morgan fingerprint density at radius 2 is 2.16 bits per heavy atom. The Morgan fingerprint density at radius 1 is 1.28 bits per heavy atom. The molecule has 1 unspecified atom stereocenters. The molecular weight excluding hydrogens is 320 g/mol. The van der Waals surface area contributed by atoms with Gasteiger partial charge in [-0.1, -0.05) is 12.1 Å². The van der Waals surface area contributed by atoms with Gasteiger partial charge in [0.2, 0.25) is 0 Å². The van der Waals surface area contributed by atoms with E-state index in [9.17, 15) is 4.79 Å². The molecule has 2 heterocycles. The van der Waals surface area contributed by atoms with E-state index in [1.807, 2.05) is 30.3 Å². The second-order valence-electron chi connectivity index (χ2n) is 6.16. The van der Waals surface area contributed by atoms with Gasteiger partial charge in [0.25, 0.3) is 0 Å². The number of furan rings is 1. The van der Waals surface area contributed by atoms with Gasteiger partial charge in [0.05, 0.1) is 24.6 Å². The molecule has 1 aliphatic rings. The lowest BCUT2D eigenvalue weighted by Gasteiger charge is -2.23. The van der Waals surface area contributed by atoms with E-state index in [4.69, 9.17) is 13.9 Å². The van der Waals surface area contributed by atoms with Gasteiger partial charge >= 0.3 is 6.03 Å². The van der Waals surface area contributed by atoms with Crippen molar-refractivity contribution in [3.8, 4) is 5.75 Å². The van der Waals surface area contributed by atoms with Crippen molar-refractivity contribution in [1.29, 1.82) is 0 Å². The van der Waals surface area contributed by atoms with Crippen LogP contribution in [0.15, 0.2) is 47.1 Å². The number of ether oxygens (including phenoxy) is 2. The van der Waals surface area contributed by atoms with Crippen LogP contribution in [0.2, 0.25) is 0 Å². The summed E-state index contributed by atoms with van der Waals surface area (Å²) >= 11 is 0. The van der Waals surface area contributed by atoms with Crippen molar-refractivity contribution in [1.82, 2.24) is 4.90 Å². The van der Waals surface area contributed by atoms with E-state index >= 15 is 0 Å². The highest BCUT2D eigenvalue weighted by Crippen LogP contribution is 2.25. The van der Waals surface area contributed by atoms with Crippen LogP contribution in [0.25, 0.3) is 0 Å². The Balaban J connectivity index is 1.56. The standard InChI is InChI=1S/C19H24N2O4/c1-21(13-15-8-6-12-23-15)19(22)20-17-9-2-3-10-18(17)25-14-16-7-4-5-11-24-16/h2-3,6,8-10,12,16H,4-5,7,11,13-14H2,1H3,(H,20,22). The average Bonchev–Trinajstić information content (AvgIpc) is 3.15. The van der Waals surface area contributed by atoms with Gasteiger partial charge < -0.3 is 24.1 Å². The van der Waals surface area contributed by atoms with Gasteiger partial charge in [-0.25, -0.2) is 4.79 Å². The first kappa shape index (κ1) is 17.4. The smallest absolute Gasteiger partial charge is 0.322 e. The van der Waals surface area contributed by atoms with Crippen LogP contribution < -0.4 is 10.1 Å². The molecule has 1 fully saturated rings. The topological polar surface area (TPSA) is 63.9 Å². The second kappa shape index (κ2) is 8.58. The minimum absolute atomic E-state index is 0.124. The number of carbonyl (C=O) groups excluding carboxylic acids is 1. The quantitative estimate of drug-likeness (QED) is 0.863. The van der Waals surface area contributed by atoms with Crippen molar-refractivity contribution in [2.75, 3.05) is 25.6 Å². The Bertz CT molecular complexity index is 666. The number of nitrogens with zero attached hydrogens (tertiary/aromatic N) is 1. The van der Waals surface area contributed by atoms with Gasteiger partial charge in [-0.15, -0.1) is 0 Å². The number of hydrogen-bond acceptors (Lipinski definition) is 4. The normalized spacial score (nSPS) is 17.1. The van der Waals surface area contributed by atoms with Crippen molar-refractivity contribution in [3.05, 3.63) is 48.4 Å². The van der Waals surface area contributed by atoms with Crippen molar-refractivity contribution in [2.24, 2.45) is 0 Å². The van der Waals surface area contributed by atoms with Crippen LogP contribution in [0.5, 0.6) is 5.75 Å². The van der Waals surface area contributed by atoms with Gasteiger partial charge in [-0.2, -0.15) is 0 Å². The predicted molar refractivity (Wildman–Crippen MR) is 94.7 cm³/mol. The highest BCUT2D eigenvalue weighted by atomic mass is 16.5. The molecule has 1 N–H and O–H groups in total. The summed E-state index contributed by atoms with van der Waals surface area (Å²) < 4.78 is 16.8. The van der Waals surface area contributed by atoms with Gasteiger partial charge in [-0.05, 0) is 43.5 Å². The number of rotatable bonds is 6. The number of amides is 2. The first-order chi connectivity index (χ1) is 12.2. The monoisotopic (exact) mass is 344 g/mol. The summed E-state index contributed by atoms with van der Waals surface area (Å²) in [4.78, 5) is 13.9. The Labute approximate surface area is 147 Å². The van der Waals surface area contributed by atoms with E-state index in [1.54, 1.807) is 24.3 Å². The third-order valence-corrected chi connectivity index (χ3v) is 4.15. The van der Waals surface area contributed by atoms with Crippen molar-refractivity contribution in [2.45, 2.75) is 31.9 Å². The molecule has 1 aliphatic heterocycles. The Hall–Kier alpha value is -2.47. The molecule has 2 amide bonds. The fourth-order valence-corrected chi connectivity index (χ4v) is 2.74. The molecule has 3 rings (SSSR count). The summed E-state index contributed by atoms with van der Waals surface area (Å²) in [5, 5.41) is 2.89. The largest absolute Gasteiger partial charge is 0.489 e. The lowest BCUT2D eigenvalue weighted by Crippen LogP contribution is -2.31. The molecule has 2 aromatic rings. The molecule has 134 valence electrons. The zero-order chi connectivity index (χ0) is 17.5. The van der Waals surface area contributed by atoms with Crippen LogP contribution in [0.3, 0.4) is 0 Å². The van der Waals surface area contributed by atoms with Crippen LogP contribution in [0, 0.1) is 0 Å². The molecule has 0 bridgehead atoms. The minimum Gasteiger partial charge on any atom is -0.489 e. The molecule has 1 atom stereocenters. The van der Waals surface area contributed by atoms with Gasteiger partial charge in [0, 0.05) is 13.7 Å². The zero-order valence-corrected chi connectivity index (χ0v) is 14.4. The molecule has 6 heteroatoms. The second-order valence-corrected chi connectivity index (χ2v) is 6.16. The maximum atomic E-state index is 12.4. The van der Waals surface area contributed by atoms with Gasteiger partial charge in [0.15, 0.2) is 0 Å². The highest BCUT2D eigenvalue weighted by Gasteiger charge is 2.17. The number of nitrogens with one attached hydrogen (secondary N) is 1. The maximum absolute atomic E-state index is 12.4. The molecule has 0 saturated carbocycles. The van der Waals surface area contributed by atoms with Gasteiger partial charge in [-0.3, -0.25) is 0 Å². The van der Waals surface area contributed by atoms with Crippen LogP contribution in [-0.2, 0) is 11.3 Å². The third-order valence-electron chi connectivity index (χ3n) is 4.15. The molecule has 0 radical (unpaired) electrons. The highest BCUT2D eigenvalue weighted by molar-refractivity contribution is 5.90. The third kappa shape index (κ3) is 5.00. The van der Waals surface area contributed by atoms with Crippen LogP contribution in [0.4, 0.5) is 10.5 Å². The summed E-state index contributed by atoms with van der Waals surface area (Å²) in [6.45, 7) is 1.69. The van der Waals surface area contributed by atoms with E-state index in [1.165, 1.54) is 6.42 Å². The molecule has 0 spiro atoms. The number of carbonyl (C=O) groups is 1. The lowest BCUT2D eigenvalue weighted by molar-refractivity contribution is -0.0109. The molecule has 25 heavy (non-hydrogen) atoms. The Kier molecular flexibility index (Phi) is 5.95. The SMILES string of the molecule is CN(Cc1ccco1)C(=O)Nc1ccccc1OCC1CCCCO1. The number of anilines is 1. The number of urea groups is 1. The van der Waals surface area contributed by atoms with E-state index in [-0.39, 0.29) is 12.1 Å². The van der Waals surface area contributed by atoms with E-state index in [2.05, 4.69) is 5.32 Å². The molecule has 1 aromatic carbocycles.